The zero-order valence-electron chi connectivity index (χ0n) is 20.9. The van der Waals surface area contributed by atoms with Gasteiger partial charge in [0, 0.05) is 31.6 Å². The average Bonchev–Trinajstić information content (AvgIpc) is 3.07. The highest BCUT2D eigenvalue weighted by atomic mass is 32.1. The Morgan fingerprint density at radius 3 is 2.51 bits per heavy atom. The van der Waals surface area contributed by atoms with Gasteiger partial charge < -0.3 is 15.4 Å². The van der Waals surface area contributed by atoms with Crippen LogP contribution >= 0.6 is 12.2 Å². The number of nitrogens with one attached hydrogen (secondary N) is 3. The van der Waals surface area contributed by atoms with E-state index >= 15 is 0 Å². The van der Waals surface area contributed by atoms with E-state index < -0.39 is 11.9 Å². The van der Waals surface area contributed by atoms with E-state index in [1.807, 2.05) is 37.3 Å². The van der Waals surface area contributed by atoms with E-state index in [0.717, 1.165) is 5.56 Å². The molecule has 37 heavy (non-hydrogen) atoms. The number of carbonyl (C=O) groups is 4. The predicted octanol–water partition coefficient (Wildman–Crippen LogP) is 2.36. The van der Waals surface area contributed by atoms with Gasteiger partial charge in [-0.25, -0.2) is 5.01 Å². The fourth-order valence-corrected chi connectivity index (χ4v) is 4.11. The highest BCUT2D eigenvalue weighted by molar-refractivity contribution is 7.80. The van der Waals surface area contributed by atoms with Gasteiger partial charge in [-0.3, -0.25) is 29.5 Å². The summed E-state index contributed by atoms with van der Waals surface area (Å²) >= 11 is 5.54. The first-order valence-electron chi connectivity index (χ1n) is 12.0. The standard InChI is InChI=1S/C26H31N5O5S/c1-3-36-21-12-7-11-20(15-21)28-24(34)16-22-25(35)30(17-19-9-5-4-6-10-19)26(37)31(22)29-23(33)13-8-14-27-18(2)32/h4-7,9-12,15,22H,3,8,13-14,16-17H2,1-2H3,(H,27,32)(H,28,34)(H,29,33). The maximum Gasteiger partial charge on any atom is 0.254 e. The lowest BCUT2D eigenvalue weighted by Gasteiger charge is -2.24. The van der Waals surface area contributed by atoms with Crippen LogP contribution in [0.2, 0.25) is 0 Å². The van der Waals surface area contributed by atoms with Crippen LogP contribution in [0.15, 0.2) is 54.6 Å². The molecule has 4 amide bonds. The molecule has 0 bridgehead atoms. The van der Waals surface area contributed by atoms with Crippen LogP contribution < -0.4 is 20.8 Å². The molecule has 2 aromatic rings. The zero-order valence-corrected chi connectivity index (χ0v) is 21.7. The van der Waals surface area contributed by atoms with Crippen molar-refractivity contribution in [3.8, 4) is 5.75 Å². The molecule has 0 radical (unpaired) electrons. The summed E-state index contributed by atoms with van der Waals surface area (Å²) in [6.45, 7) is 4.31. The minimum Gasteiger partial charge on any atom is -0.494 e. The summed E-state index contributed by atoms with van der Waals surface area (Å²) in [6, 6.07) is 15.3. The third-order valence-electron chi connectivity index (χ3n) is 5.49. The topological polar surface area (TPSA) is 120 Å². The number of anilines is 1. The smallest absolute Gasteiger partial charge is 0.254 e. The summed E-state index contributed by atoms with van der Waals surface area (Å²) in [6.07, 6.45) is 0.291. The normalized spacial score (nSPS) is 14.9. The first-order chi connectivity index (χ1) is 17.8. The van der Waals surface area contributed by atoms with E-state index in [4.69, 9.17) is 17.0 Å². The summed E-state index contributed by atoms with van der Waals surface area (Å²) in [7, 11) is 0. The van der Waals surface area contributed by atoms with Crippen molar-refractivity contribution in [3.63, 3.8) is 0 Å². The van der Waals surface area contributed by atoms with Gasteiger partial charge in [-0.2, -0.15) is 0 Å². The van der Waals surface area contributed by atoms with Gasteiger partial charge in [-0.15, -0.1) is 0 Å². The monoisotopic (exact) mass is 525 g/mol. The second-order valence-electron chi connectivity index (χ2n) is 8.41. The molecule has 1 unspecified atom stereocenters. The molecule has 1 saturated heterocycles. The number of rotatable bonds is 12. The second-order valence-corrected chi connectivity index (χ2v) is 8.78. The minimum atomic E-state index is -1.01. The zero-order chi connectivity index (χ0) is 26.8. The van der Waals surface area contributed by atoms with Crippen LogP contribution in [0.1, 0.15) is 38.7 Å². The number of ether oxygens (including phenoxy) is 1. The van der Waals surface area contributed by atoms with Crippen molar-refractivity contribution < 1.29 is 23.9 Å². The van der Waals surface area contributed by atoms with Crippen LogP contribution in [0.5, 0.6) is 5.75 Å². The second kappa shape index (κ2) is 13.4. The Balaban J connectivity index is 1.72. The van der Waals surface area contributed by atoms with E-state index in [1.165, 1.54) is 16.8 Å². The van der Waals surface area contributed by atoms with Crippen LogP contribution in [-0.2, 0) is 25.7 Å². The van der Waals surface area contributed by atoms with Crippen molar-refractivity contribution in [1.29, 1.82) is 0 Å². The van der Waals surface area contributed by atoms with E-state index in [-0.39, 0.29) is 42.2 Å². The van der Waals surface area contributed by atoms with Crippen molar-refractivity contribution in [3.05, 3.63) is 60.2 Å². The van der Waals surface area contributed by atoms with E-state index in [0.29, 0.717) is 31.0 Å². The van der Waals surface area contributed by atoms with Gasteiger partial charge in [0.05, 0.1) is 19.6 Å². The molecule has 0 spiro atoms. The molecule has 1 aliphatic rings. The number of amides is 4. The van der Waals surface area contributed by atoms with Gasteiger partial charge in [-0.05, 0) is 43.3 Å². The van der Waals surface area contributed by atoms with Crippen molar-refractivity contribution in [2.45, 2.75) is 45.7 Å². The molecule has 0 aromatic heterocycles. The molecule has 1 atom stereocenters. The molecule has 10 nitrogen and oxygen atoms in total. The van der Waals surface area contributed by atoms with Gasteiger partial charge in [0.2, 0.25) is 17.7 Å². The Bertz CT molecular complexity index is 1140. The van der Waals surface area contributed by atoms with E-state index in [2.05, 4.69) is 16.1 Å². The highest BCUT2D eigenvalue weighted by Crippen LogP contribution is 2.23. The van der Waals surface area contributed by atoms with Gasteiger partial charge >= 0.3 is 0 Å². The molecule has 1 heterocycles. The van der Waals surface area contributed by atoms with Crippen LogP contribution in [0, 0.1) is 0 Å². The molecular weight excluding hydrogens is 494 g/mol. The quantitative estimate of drug-likeness (QED) is 0.287. The molecule has 1 aliphatic heterocycles. The summed E-state index contributed by atoms with van der Waals surface area (Å²) in [5, 5.41) is 6.81. The fourth-order valence-electron chi connectivity index (χ4n) is 3.79. The first kappa shape index (κ1) is 27.6. The molecule has 3 N–H and O–H groups in total. The lowest BCUT2D eigenvalue weighted by Crippen LogP contribution is -2.49. The fraction of sp³-hybridized carbons (Fsp3) is 0.346. The maximum atomic E-state index is 13.4. The van der Waals surface area contributed by atoms with Gasteiger partial charge in [0.15, 0.2) is 5.11 Å². The number of carbonyl (C=O) groups excluding carboxylic acids is 4. The van der Waals surface area contributed by atoms with Gasteiger partial charge in [-0.1, -0.05) is 36.4 Å². The number of hydrogen-bond donors (Lipinski definition) is 3. The Hall–Kier alpha value is -3.99. The van der Waals surface area contributed by atoms with Crippen molar-refractivity contribution in [1.82, 2.24) is 20.7 Å². The average molecular weight is 526 g/mol. The number of hydrazine groups is 1. The van der Waals surface area contributed by atoms with Crippen LogP contribution in [0.4, 0.5) is 5.69 Å². The Labute approximate surface area is 221 Å². The number of thiocarbonyl (C=S) groups is 1. The largest absolute Gasteiger partial charge is 0.494 e. The molecule has 196 valence electrons. The Morgan fingerprint density at radius 2 is 1.81 bits per heavy atom. The summed E-state index contributed by atoms with van der Waals surface area (Å²) in [4.78, 5) is 51.3. The number of benzene rings is 2. The molecule has 0 saturated carbocycles. The van der Waals surface area contributed by atoms with Crippen molar-refractivity contribution in [2.24, 2.45) is 0 Å². The van der Waals surface area contributed by atoms with Crippen molar-refractivity contribution >= 4 is 46.6 Å². The SMILES string of the molecule is CCOc1cccc(NC(=O)CC2C(=O)N(Cc3ccccc3)C(=S)N2NC(=O)CCCNC(C)=O)c1. The predicted molar refractivity (Wildman–Crippen MR) is 142 cm³/mol. The Kier molecular flexibility index (Phi) is 9.96. The van der Waals surface area contributed by atoms with E-state index in [1.54, 1.807) is 24.3 Å². The highest BCUT2D eigenvalue weighted by Gasteiger charge is 2.44. The van der Waals surface area contributed by atoms with Crippen LogP contribution in [-0.4, -0.2) is 57.8 Å². The molecule has 2 aromatic carbocycles. The maximum absolute atomic E-state index is 13.4. The summed E-state index contributed by atoms with van der Waals surface area (Å²) < 4.78 is 5.47. The lowest BCUT2D eigenvalue weighted by molar-refractivity contribution is -0.133. The summed E-state index contributed by atoms with van der Waals surface area (Å²) in [5.41, 5.74) is 4.07. The third kappa shape index (κ3) is 8.01. The number of nitrogens with zero attached hydrogens (tertiary/aromatic N) is 2. The van der Waals surface area contributed by atoms with Crippen LogP contribution in [0.25, 0.3) is 0 Å². The molecule has 11 heteroatoms. The molecule has 1 fully saturated rings. The van der Waals surface area contributed by atoms with Crippen molar-refractivity contribution in [2.75, 3.05) is 18.5 Å². The number of hydrogen-bond acceptors (Lipinski definition) is 6. The Morgan fingerprint density at radius 1 is 1.05 bits per heavy atom. The van der Waals surface area contributed by atoms with Crippen LogP contribution in [0.3, 0.4) is 0 Å². The van der Waals surface area contributed by atoms with Gasteiger partial charge in [0.25, 0.3) is 5.91 Å². The van der Waals surface area contributed by atoms with Gasteiger partial charge in [0.1, 0.15) is 11.8 Å². The van der Waals surface area contributed by atoms with E-state index in [9.17, 15) is 19.2 Å². The molecular formula is C26H31N5O5S. The minimum absolute atomic E-state index is 0.107. The summed E-state index contributed by atoms with van der Waals surface area (Å²) in [5.74, 6) is -0.745. The molecule has 3 rings (SSSR count). The third-order valence-corrected chi connectivity index (χ3v) is 5.91. The molecule has 0 aliphatic carbocycles. The lowest BCUT2D eigenvalue weighted by atomic mass is 10.1. The first-order valence-corrected chi connectivity index (χ1v) is 12.4.